The van der Waals surface area contributed by atoms with E-state index >= 15 is 0 Å². The third-order valence-corrected chi connectivity index (χ3v) is 3.77. The number of carboxylic acids is 1. The minimum atomic E-state index is -0.956. The number of aliphatic hydroxyl groups is 1. The number of pyridine rings is 1. The molecule has 1 atom stereocenters. The predicted octanol–water partition coefficient (Wildman–Crippen LogP) is 1.89. The molecule has 0 saturated carbocycles. The summed E-state index contributed by atoms with van der Waals surface area (Å²) < 4.78 is 0. The summed E-state index contributed by atoms with van der Waals surface area (Å²) in [5.74, 6) is -0.956. The fourth-order valence-corrected chi connectivity index (χ4v) is 2.68. The summed E-state index contributed by atoms with van der Waals surface area (Å²) in [5, 5.41) is 19.9. The Morgan fingerprint density at radius 1 is 1.40 bits per heavy atom. The number of benzene rings is 1. The number of β-amino-alcohol motifs (C(OH)–C–C–N with tert-alkyl or cyclic N) is 1. The molecule has 20 heavy (non-hydrogen) atoms. The average molecular weight is 272 g/mol. The van der Waals surface area contributed by atoms with Crippen LogP contribution in [0.2, 0.25) is 0 Å². The molecule has 2 aromatic rings. The van der Waals surface area contributed by atoms with Crippen LogP contribution < -0.4 is 4.90 Å². The zero-order valence-corrected chi connectivity index (χ0v) is 11.2. The third-order valence-electron chi connectivity index (χ3n) is 3.77. The van der Waals surface area contributed by atoms with Crippen LogP contribution in [0.5, 0.6) is 0 Å². The Morgan fingerprint density at radius 3 is 2.85 bits per heavy atom. The number of hydrogen-bond donors (Lipinski definition) is 2. The molecule has 0 unspecified atom stereocenters. The molecule has 1 aromatic carbocycles. The maximum Gasteiger partial charge on any atom is 0.336 e. The topological polar surface area (TPSA) is 73.7 Å². The summed E-state index contributed by atoms with van der Waals surface area (Å²) >= 11 is 0. The number of nitrogens with zero attached hydrogens (tertiary/aromatic N) is 2. The quantitative estimate of drug-likeness (QED) is 0.873. The van der Waals surface area contributed by atoms with E-state index in [0.717, 1.165) is 12.2 Å². The smallest absolute Gasteiger partial charge is 0.336 e. The van der Waals surface area contributed by atoms with Gasteiger partial charge in [0.1, 0.15) is 0 Å². The van der Waals surface area contributed by atoms with E-state index < -0.39 is 11.6 Å². The van der Waals surface area contributed by atoms with E-state index in [-0.39, 0.29) is 5.56 Å². The molecule has 104 valence electrons. The van der Waals surface area contributed by atoms with Gasteiger partial charge in [-0.3, -0.25) is 4.98 Å². The molecule has 0 spiro atoms. The maximum absolute atomic E-state index is 11.3. The molecule has 2 heterocycles. The molecule has 1 saturated heterocycles. The van der Waals surface area contributed by atoms with Gasteiger partial charge in [0, 0.05) is 30.4 Å². The van der Waals surface area contributed by atoms with Gasteiger partial charge in [0.2, 0.25) is 0 Å². The Bertz CT molecular complexity index is 682. The Morgan fingerprint density at radius 2 is 2.20 bits per heavy atom. The van der Waals surface area contributed by atoms with E-state index in [9.17, 15) is 15.0 Å². The van der Waals surface area contributed by atoms with Crippen LogP contribution in [0.15, 0.2) is 30.5 Å². The van der Waals surface area contributed by atoms with Crippen molar-refractivity contribution < 1.29 is 15.0 Å². The van der Waals surface area contributed by atoms with Crippen LogP contribution in [0.4, 0.5) is 5.69 Å². The van der Waals surface area contributed by atoms with Crippen molar-refractivity contribution in [1.82, 2.24) is 4.98 Å². The number of rotatable bonds is 2. The van der Waals surface area contributed by atoms with E-state index in [1.54, 1.807) is 0 Å². The van der Waals surface area contributed by atoms with Crippen molar-refractivity contribution >= 4 is 22.6 Å². The lowest BCUT2D eigenvalue weighted by Gasteiger charge is -2.21. The average Bonchev–Trinajstić information content (AvgIpc) is 2.77. The molecule has 1 aliphatic heterocycles. The Hall–Kier alpha value is -2.14. The second-order valence-electron chi connectivity index (χ2n) is 5.53. The highest BCUT2D eigenvalue weighted by Gasteiger charge is 2.31. The molecule has 5 heteroatoms. The monoisotopic (exact) mass is 272 g/mol. The minimum Gasteiger partial charge on any atom is -0.478 e. The van der Waals surface area contributed by atoms with Crippen LogP contribution in [-0.2, 0) is 0 Å². The molecule has 0 aliphatic carbocycles. The molecule has 1 aliphatic rings. The number of aromatic nitrogens is 1. The number of carboxylic acid groups (broad SMARTS) is 1. The zero-order valence-electron chi connectivity index (χ0n) is 11.2. The van der Waals surface area contributed by atoms with E-state index in [1.165, 1.54) is 12.3 Å². The van der Waals surface area contributed by atoms with E-state index in [4.69, 9.17) is 0 Å². The largest absolute Gasteiger partial charge is 0.478 e. The second kappa shape index (κ2) is 4.45. The van der Waals surface area contributed by atoms with Gasteiger partial charge in [-0.2, -0.15) is 0 Å². The number of carbonyl (C=O) groups is 1. The summed E-state index contributed by atoms with van der Waals surface area (Å²) in [4.78, 5) is 17.5. The van der Waals surface area contributed by atoms with Crippen LogP contribution in [0, 0.1) is 0 Å². The van der Waals surface area contributed by atoms with Crippen molar-refractivity contribution in [3.05, 3.63) is 36.0 Å². The normalized spacial score (nSPS) is 22.4. The van der Waals surface area contributed by atoms with Gasteiger partial charge in [0.15, 0.2) is 0 Å². The highest BCUT2D eigenvalue weighted by Crippen LogP contribution is 2.29. The summed E-state index contributed by atoms with van der Waals surface area (Å²) in [6, 6.07) is 7.09. The highest BCUT2D eigenvalue weighted by atomic mass is 16.4. The van der Waals surface area contributed by atoms with Gasteiger partial charge in [-0.1, -0.05) is 0 Å². The van der Waals surface area contributed by atoms with Crippen molar-refractivity contribution in [1.29, 1.82) is 0 Å². The maximum atomic E-state index is 11.3. The molecule has 2 N–H and O–H groups in total. The van der Waals surface area contributed by atoms with Gasteiger partial charge >= 0.3 is 5.97 Å². The molecular weight excluding hydrogens is 256 g/mol. The number of anilines is 1. The van der Waals surface area contributed by atoms with Crippen LogP contribution in [0.3, 0.4) is 0 Å². The van der Waals surface area contributed by atoms with Gasteiger partial charge < -0.3 is 15.1 Å². The molecule has 3 rings (SSSR count). The van der Waals surface area contributed by atoms with Crippen LogP contribution in [0.1, 0.15) is 23.7 Å². The molecule has 1 fully saturated rings. The first-order valence-corrected chi connectivity index (χ1v) is 6.56. The van der Waals surface area contributed by atoms with Gasteiger partial charge in [0.25, 0.3) is 0 Å². The zero-order chi connectivity index (χ0) is 14.3. The lowest BCUT2D eigenvalue weighted by Crippen LogP contribution is -2.29. The first-order valence-electron chi connectivity index (χ1n) is 6.56. The lowest BCUT2D eigenvalue weighted by molar-refractivity contribution is 0.0698. The Kier molecular flexibility index (Phi) is 2.87. The first-order chi connectivity index (χ1) is 9.46. The fraction of sp³-hybridized carbons (Fsp3) is 0.333. The highest BCUT2D eigenvalue weighted by molar-refractivity contribution is 6.03. The number of aromatic carboxylic acids is 1. The minimum absolute atomic E-state index is 0.253. The van der Waals surface area contributed by atoms with Gasteiger partial charge in [-0.15, -0.1) is 0 Å². The van der Waals surface area contributed by atoms with Gasteiger partial charge in [-0.25, -0.2) is 4.79 Å². The standard InChI is InChI=1S/C15H16N2O3/c1-15(20)5-7-17(9-15)10-2-3-13-12(8-10)11(14(18)19)4-6-16-13/h2-4,6,8,20H,5,7,9H2,1H3,(H,18,19)/t15-/m1/s1. The van der Waals surface area contributed by atoms with Crippen LogP contribution in [-0.4, -0.2) is 39.9 Å². The summed E-state index contributed by atoms with van der Waals surface area (Å²) in [7, 11) is 0. The van der Waals surface area contributed by atoms with Crippen LogP contribution in [0.25, 0.3) is 10.9 Å². The molecule has 1 aromatic heterocycles. The summed E-state index contributed by atoms with van der Waals surface area (Å²) in [5.41, 5.74) is 1.16. The Balaban J connectivity index is 2.06. The Labute approximate surface area is 116 Å². The van der Waals surface area contributed by atoms with E-state index in [1.807, 2.05) is 25.1 Å². The number of hydrogen-bond acceptors (Lipinski definition) is 4. The molecule has 0 radical (unpaired) electrons. The van der Waals surface area contributed by atoms with Crippen molar-refractivity contribution in [2.45, 2.75) is 18.9 Å². The molecule has 0 bridgehead atoms. The third kappa shape index (κ3) is 2.20. The van der Waals surface area contributed by atoms with Crippen molar-refractivity contribution in [3.8, 4) is 0 Å². The van der Waals surface area contributed by atoms with Gasteiger partial charge in [-0.05, 0) is 37.6 Å². The predicted molar refractivity (Wildman–Crippen MR) is 76.2 cm³/mol. The molecule has 0 amide bonds. The molecule has 5 nitrogen and oxygen atoms in total. The molecular formula is C15H16N2O3. The van der Waals surface area contributed by atoms with Gasteiger partial charge in [0.05, 0.1) is 16.7 Å². The SMILES string of the molecule is C[C@@]1(O)CCN(c2ccc3nccc(C(=O)O)c3c2)C1. The summed E-state index contributed by atoms with van der Waals surface area (Å²) in [6.07, 6.45) is 2.22. The second-order valence-corrected chi connectivity index (χ2v) is 5.53. The lowest BCUT2D eigenvalue weighted by atomic mass is 10.1. The summed E-state index contributed by atoms with van der Waals surface area (Å²) in [6.45, 7) is 3.14. The van der Waals surface area contributed by atoms with Crippen molar-refractivity contribution in [2.24, 2.45) is 0 Å². The first kappa shape index (κ1) is 12.9. The van der Waals surface area contributed by atoms with Crippen molar-refractivity contribution in [3.63, 3.8) is 0 Å². The van der Waals surface area contributed by atoms with E-state index in [2.05, 4.69) is 9.88 Å². The van der Waals surface area contributed by atoms with E-state index in [0.29, 0.717) is 23.9 Å². The number of fused-ring (bicyclic) bond motifs is 1. The fourth-order valence-electron chi connectivity index (χ4n) is 2.68. The van der Waals surface area contributed by atoms with Crippen molar-refractivity contribution in [2.75, 3.05) is 18.0 Å². The van der Waals surface area contributed by atoms with Crippen LogP contribution >= 0.6 is 0 Å².